The highest BCUT2D eigenvalue weighted by Crippen LogP contribution is 2.31. The smallest absolute Gasteiger partial charge is 0.187 e. The molecular weight excluding hydrogens is 305 g/mol. The van der Waals surface area contributed by atoms with Crippen LogP contribution in [0.5, 0.6) is 0 Å². The van der Waals surface area contributed by atoms with E-state index >= 15 is 0 Å². The lowest BCUT2D eigenvalue weighted by molar-refractivity contribution is 0.844. The predicted octanol–water partition coefficient (Wildman–Crippen LogP) is 3.96. The lowest BCUT2D eigenvalue weighted by atomic mass is 10.2. The van der Waals surface area contributed by atoms with E-state index in [-0.39, 0.29) is 12.3 Å². The second kappa shape index (κ2) is 5.18. The fourth-order valence-electron chi connectivity index (χ4n) is 1.60. The summed E-state index contributed by atoms with van der Waals surface area (Å²) >= 11 is 3.56. The Balaban J connectivity index is 2.56. The van der Waals surface area contributed by atoms with Gasteiger partial charge in [0.15, 0.2) is 12.3 Å². The van der Waals surface area contributed by atoms with Gasteiger partial charge in [-0.05, 0) is 41.4 Å². The molecule has 2 rings (SSSR count). The van der Waals surface area contributed by atoms with Crippen molar-refractivity contribution >= 4 is 28.3 Å². The number of aryl methyl sites for hydroxylation is 1. The van der Waals surface area contributed by atoms with Gasteiger partial charge in [-0.3, -0.25) is 4.98 Å². The molecule has 17 heavy (non-hydrogen) atoms. The Morgan fingerprint density at radius 1 is 1.47 bits per heavy atom. The second-order valence-corrected chi connectivity index (χ2v) is 4.85. The Bertz CT molecular complexity index is 542. The van der Waals surface area contributed by atoms with Crippen molar-refractivity contribution in [3.8, 4) is 11.4 Å². The third kappa shape index (κ3) is 2.37. The molecule has 0 unspecified atom stereocenters. The van der Waals surface area contributed by atoms with E-state index in [1.165, 1.54) is 4.09 Å². The van der Waals surface area contributed by atoms with Crippen molar-refractivity contribution in [1.29, 1.82) is 0 Å². The normalized spacial score (nSPS) is 10.8. The predicted molar refractivity (Wildman–Crippen MR) is 71.4 cm³/mol. The van der Waals surface area contributed by atoms with Crippen molar-refractivity contribution in [3.05, 3.63) is 34.1 Å². The molecule has 0 aliphatic rings. The third-order valence-electron chi connectivity index (χ3n) is 2.41. The SMILES string of the molecule is CCc1c(Br)c(-c2cccc(C)n2)nn1SF. The van der Waals surface area contributed by atoms with E-state index in [4.69, 9.17) is 0 Å². The van der Waals surface area contributed by atoms with Crippen LogP contribution in [0.15, 0.2) is 22.7 Å². The van der Waals surface area contributed by atoms with Gasteiger partial charge < -0.3 is 0 Å². The molecule has 0 spiro atoms. The summed E-state index contributed by atoms with van der Waals surface area (Å²) in [6, 6.07) is 5.70. The molecule has 0 fully saturated rings. The van der Waals surface area contributed by atoms with Crippen molar-refractivity contribution < 1.29 is 3.89 Å². The fraction of sp³-hybridized carbons (Fsp3) is 0.273. The van der Waals surface area contributed by atoms with Gasteiger partial charge in [0.2, 0.25) is 0 Å². The van der Waals surface area contributed by atoms with Crippen LogP contribution >= 0.6 is 28.3 Å². The highest BCUT2D eigenvalue weighted by Gasteiger charge is 2.17. The van der Waals surface area contributed by atoms with Crippen LogP contribution in [0.3, 0.4) is 0 Å². The average molecular weight is 316 g/mol. The molecule has 0 aliphatic heterocycles. The molecule has 2 heterocycles. The topological polar surface area (TPSA) is 30.7 Å². The van der Waals surface area contributed by atoms with Crippen molar-refractivity contribution in [2.75, 3.05) is 0 Å². The van der Waals surface area contributed by atoms with Crippen LogP contribution in [0.4, 0.5) is 3.89 Å². The molecule has 0 bridgehead atoms. The number of rotatable bonds is 3. The Morgan fingerprint density at radius 2 is 2.24 bits per heavy atom. The summed E-state index contributed by atoms with van der Waals surface area (Å²) in [6.45, 7) is 3.88. The summed E-state index contributed by atoms with van der Waals surface area (Å²) in [4.78, 5) is 4.39. The summed E-state index contributed by atoms with van der Waals surface area (Å²) in [5.41, 5.74) is 3.15. The summed E-state index contributed by atoms with van der Waals surface area (Å²) in [7, 11) is 0. The molecule has 0 aliphatic carbocycles. The quantitative estimate of drug-likeness (QED) is 0.859. The molecule has 0 amide bonds. The maximum Gasteiger partial charge on any atom is 0.187 e. The molecule has 0 atom stereocenters. The molecule has 2 aromatic rings. The number of hydrogen-bond donors (Lipinski definition) is 0. The number of nitrogens with zero attached hydrogens (tertiary/aromatic N) is 3. The van der Waals surface area contributed by atoms with Gasteiger partial charge in [0.1, 0.15) is 5.69 Å². The van der Waals surface area contributed by atoms with Gasteiger partial charge in [-0.15, -0.1) is 3.89 Å². The van der Waals surface area contributed by atoms with Gasteiger partial charge in [0, 0.05) is 5.69 Å². The maximum absolute atomic E-state index is 12.7. The minimum Gasteiger partial charge on any atom is -0.251 e. The van der Waals surface area contributed by atoms with Gasteiger partial charge in [-0.2, -0.15) is 9.19 Å². The Kier molecular flexibility index (Phi) is 3.83. The zero-order chi connectivity index (χ0) is 12.4. The standard InChI is InChI=1S/C11H11BrFN3S/c1-3-9-10(12)11(15-16(9)17-13)8-6-4-5-7(2)14-8/h4-6H,3H2,1-2H3. The first-order valence-electron chi connectivity index (χ1n) is 5.17. The van der Waals surface area contributed by atoms with E-state index in [0.29, 0.717) is 12.1 Å². The Hall–Kier alpha value is -0.880. The van der Waals surface area contributed by atoms with Crippen molar-refractivity contribution in [2.45, 2.75) is 20.3 Å². The third-order valence-corrected chi connectivity index (χ3v) is 3.68. The summed E-state index contributed by atoms with van der Waals surface area (Å²) in [5, 5.41) is 4.21. The van der Waals surface area contributed by atoms with Gasteiger partial charge in [0.05, 0.1) is 15.9 Å². The lowest BCUT2D eigenvalue weighted by Gasteiger charge is -1.98. The zero-order valence-electron chi connectivity index (χ0n) is 9.44. The molecular formula is C11H11BrFN3S. The zero-order valence-corrected chi connectivity index (χ0v) is 11.8. The molecule has 0 saturated carbocycles. The van der Waals surface area contributed by atoms with Crippen LogP contribution in [0.25, 0.3) is 11.4 Å². The van der Waals surface area contributed by atoms with E-state index in [9.17, 15) is 3.89 Å². The number of aromatic nitrogens is 3. The Morgan fingerprint density at radius 3 is 2.76 bits per heavy atom. The molecule has 3 nitrogen and oxygen atoms in total. The number of halogens is 2. The van der Waals surface area contributed by atoms with Crippen LogP contribution in [0, 0.1) is 6.92 Å². The van der Waals surface area contributed by atoms with E-state index in [1.54, 1.807) is 0 Å². The highest BCUT2D eigenvalue weighted by molar-refractivity contribution is 9.10. The molecule has 0 radical (unpaired) electrons. The van der Waals surface area contributed by atoms with Crippen molar-refractivity contribution in [3.63, 3.8) is 0 Å². The fourth-order valence-corrected chi connectivity index (χ4v) is 2.87. The lowest BCUT2D eigenvalue weighted by Crippen LogP contribution is -1.92. The van der Waals surface area contributed by atoms with Crippen molar-refractivity contribution in [2.24, 2.45) is 0 Å². The van der Waals surface area contributed by atoms with E-state index < -0.39 is 0 Å². The van der Waals surface area contributed by atoms with Crippen molar-refractivity contribution in [1.82, 2.24) is 14.2 Å². The summed E-state index contributed by atoms with van der Waals surface area (Å²) in [6.07, 6.45) is 0.705. The van der Waals surface area contributed by atoms with Crippen LogP contribution in [-0.2, 0) is 6.42 Å². The monoisotopic (exact) mass is 315 g/mol. The first kappa shape index (κ1) is 12.6. The molecule has 0 N–H and O–H groups in total. The average Bonchev–Trinajstić information content (AvgIpc) is 2.65. The number of hydrogen-bond acceptors (Lipinski definition) is 3. The molecule has 90 valence electrons. The minimum absolute atomic E-state index is 0.102. The van der Waals surface area contributed by atoms with E-state index in [2.05, 4.69) is 26.0 Å². The van der Waals surface area contributed by atoms with Crippen LogP contribution in [0.1, 0.15) is 18.3 Å². The first-order chi connectivity index (χ1) is 8.17. The molecule has 0 saturated heterocycles. The largest absolute Gasteiger partial charge is 0.251 e. The van der Waals surface area contributed by atoms with Gasteiger partial charge in [0.25, 0.3) is 0 Å². The second-order valence-electron chi connectivity index (χ2n) is 3.57. The Labute approximate surface area is 112 Å². The van der Waals surface area contributed by atoms with Gasteiger partial charge in [-0.1, -0.05) is 13.0 Å². The van der Waals surface area contributed by atoms with Gasteiger partial charge >= 0.3 is 0 Å². The number of pyridine rings is 1. The van der Waals surface area contributed by atoms with Crippen LogP contribution in [0.2, 0.25) is 0 Å². The van der Waals surface area contributed by atoms with Crippen LogP contribution < -0.4 is 0 Å². The summed E-state index contributed by atoms with van der Waals surface area (Å²) in [5.74, 6) is 0. The molecule has 2 aromatic heterocycles. The van der Waals surface area contributed by atoms with E-state index in [0.717, 1.165) is 21.6 Å². The van der Waals surface area contributed by atoms with Gasteiger partial charge in [-0.25, -0.2) is 0 Å². The molecule has 0 aromatic carbocycles. The maximum atomic E-state index is 12.7. The highest BCUT2D eigenvalue weighted by atomic mass is 79.9. The summed E-state index contributed by atoms with van der Waals surface area (Å²) < 4.78 is 14.8. The first-order valence-corrected chi connectivity index (χ1v) is 6.64. The molecule has 6 heteroatoms. The van der Waals surface area contributed by atoms with Crippen LogP contribution in [-0.4, -0.2) is 14.2 Å². The van der Waals surface area contributed by atoms with E-state index in [1.807, 2.05) is 32.0 Å². The minimum atomic E-state index is 0.102.